The van der Waals surface area contributed by atoms with Crippen molar-refractivity contribution in [3.63, 3.8) is 0 Å². The molecule has 0 bridgehead atoms. The Morgan fingerprint density at radius 3 is 2.15 bits per heavy atom. The molecule has 6 N–H and O–H groups in total. The van der Waals surface area contributed by atoms with E-state index in [1.165, 1.54) is 6.20 Å². The van der Waals surface area contributed by atoms with Gasteiger partial charge in [-0.15, -0.1) is 0 Å². The van der Waals surface area contributed by atoms with Gasteiger partial charge in [-0.1, -0.05) is 25.8 Å². The lowest BCUT2D eigenvalue weighted by atomic mass is 10.0. The number of carbonyl (C=O) groups is 2. The largest absolute Gasteiger partial charge is 0.479 e. The van der Waals surface area contributed by atoms with Gasteiger partial charge >= 0.3 is 5.97 Å². The third kappa shape index (κ3) is 6.11. The molecule has 0 aliphatic rings. The molecule has 0 aromatic heterocycles. The number of allylic oxidation sites excluding steroid dienone is 1. The Labute approximate surface area is 116 Å². The van der Waals surface area contributed by atoms with Crippen LogP contribution in [0.4, 0.5) is 0 Å². The molecule has 1 amide bonds. The van der Waals surface area contributed by atoms with Gasteiger partial charge in [0.05, 0.1) is 0 Å². The molecule has 8 nitrogen and oxygen atoms in total. The Bertz CT molecular complexity index is 345. The number of rotatable bonds is 9. The molecule has 0 aromatic rings. The van der Waals surface area contributed by atoms with E-state index in [0.717, 1.165) is 19.3 Å². The Kier molecular flexibility index (Phi) is 8.73. The molecule has 20 heavy (non-hydrogen) atoms. The quantitative estimate of drug-likeness (QED) is 0.278. The lowest BCUT2D eigenvalue weighted by Gasteiger charge is -2.23. The third-order valence-corrected chi connectivity index (χ3v) is 2.59. The average molecular weight is 291 g/mol. The van der Waals surface area contributed by atoms with Crippen molar-refractivity contribution >= 4 is 11.9 Å². The number of hydrogen-bond acceptors (Lipinski definition) is 6. The van der Waals surface area contributed by atoms with Crippen LogP contribution in [0.5, 0.6) is 0 Å². The Hall–Kier alpha value is -1.48. The van der Waals surface area contributed by atoms with Crippen LogP contribution in [0.2, 0.25) is 0 Å². The second-order valence-electron chi connectivity index (χ2n) is 4.26. The molecule has 0 fully saturated rings. The number of unbranched alkanes of at least 4 members (excludes halogenated alkanes) is 2. The number of nitrogens with one attached hydrogen (secondary N) is 1. The summed E-state index contributed by atoms with van der Waals surface area (Å²) in [5, 5.41) is 47.7. The van der Waals surface area contributed by atoms with Crippen LogP contribution in [0.1, 0.15) is 26.2 Å². The van der Waals surface area contributed by atoms with E-state index in [1.807, 2.05) is 6.92 Å². The van der Waals surface area contributed by atoms with E-state index in [1.54, 1.807) is 6.08 Å². The molecule has 8 heteroatoms. The molecule has 0 aliphatic carbocycles. The molecule has 116 valence electrons. The molecule has 0 saturated heterocycles. The fourth-order valence-corrected chi connectivity index (χ4v) is 1.31. The highest BCUT2D eigenvalue weighted by Gasteiger charge is 2.37. The maximum Gasteiger partial charge on any atom is 0.335 e. The number of amides is 1. The summed E-state index contributed by atoms with van der Waals surface area (Å²) in [6.45, 7) is 2.00. The molecule has 0 unspecified atom stereocenters. The number of carboxylic acids is 1. The summed E-state index contributed by atoms with van der Waals surface area (Å²) in [5.41, 5.74) is 0. The standard InChI is InChI=1S/C12H21NO7/c1-2-3-4-5-6-13-11(18)9(16)7(14)8(15)10(17)12(19)20/h5-10,14-17H,2-4H2,1H3,(H,13,18)(H,19,20)/t7-,8-,9+,10-/m1/s1. The Morgan fingerprint density at radius 2 is 1.65 bits per heavy atom. The minimum atomic E-state index is -2.30. The number of aliphatic carboxylic acids is 1. The van der Waals surface area contributed by atoms with Crippen molar-refractivity contribution in [2.45, 2.75) is 50.6 Å². The minimum absolute atomic E-state index is 0.732. The zero-order valence-electron chi connectivity index (χ0n) is 11.1. The van der Waals surface area contributed by atoms with E-state index in [2.05, 4.69) is 5.32 Å². The minimum Gasteiger partial charge on any atom is -0.479 e. The highest BCUT2D eigenvalue weighted by Crippen LogP contribution is 2.06. The van der Waals surface area contributed by atoms with E-state index >= 15 is 0 Å². The lowest BCUT2D eigenvalue weighted by Crippen LogP contribution is -2.52. The van der Waals surface area contributed by atoms with Gasteiger partial charge in [-0.2, -0.15) is 0 Å². The predicted molar refractivity (Wildman–Crippen MR) is 68.5 cm³/mol. The maximum absolute atomic E-state index is 11.4. The molecule has 0 heterocycles. The molecule has 0 aromatic carbocycles. The summed E-state index contributed by atoms with van der Waals surface area (Å²) in [6, 6.07) is 0. The molecule has 0 spiro atoms. The molecule has 4 atom stereocenters. The third-order valence-electron chi connectivity index (χ3n) is 2.59. The van der Waals surface area contributed by atoms with Crippen LogP contribution in [-0.4, -0.2) is 61.8 Å². The van der Waals surface area contributed by atoms with Crippen molar-refractivity contribution in [3.05, 3.63) is 12.3 Å². The maximum atomic E-state index is 11.4. The zero-order chi connectivity index (χ0) is 15.7. The van der Waals surface area contributed by atoms with Gasteiger partial charge in [0, 0.05) is 0 Å². The van der Waals surface area contributed by atoms with Crippen molar-refractivity contribution in [3.8, 4) is 0 Å². The second kappa shape index (κ2) is 9.43. The van der Waals surface area contributed by atoms with E-state index < -0.39 is 36.3 Å². The number of carboxylic acid groups (broad SMARTS) is 1. The van der Waals surface area contributed by atoms with Gasteiger partial charge in [-0.05, 0) is 12.6 Å². The van der Waals surface area contributed by atoms with Crippen LogP contribution in [0, 0.1) is 0 Å². The van der Waals surface area contributed by atoms with Crippen LogP contribution in [0.25, 0.3) is 0 Å². The normalized spacial score (nSPS) is 17.4. The highest BCUT2D eigenvalue weighted by atomic mass is 16.4. The van der Waals surface area contributed by atoms with Crippen molar-refractivity contribution < 1.29 is 35.1 Å². The smallest absolute Gasteiger partial charge is 0.335 e. The van der Waals surface area contributed by atoms with Gasteiger partial charge in [0.25, 0.3) is 5.91 Å². The van der Waals surface area contributed by atoms with Gasteiger partial charge in [0.2, 0.25) is 0 Å². The summed E-state index contributed by atoms with van der Waals surface area (Å²) in [4.78, 5) is 21.8. The average Bonchev–Trinajstić information content (AvgIpc) is 2.43. The van der Waals surface area contributed by atoms with Gasteiger partial charge in [0.15, 0.2) is 12.2 Å². The first-order valence-corrected chi connectivity index (χ1v) is 6.23. The zero-order valence-corrected chi connectivity index (χ0v) is 11.1. The van der Waals surface area contributed by atoms with Crippen LogP contribution in [0.3, 0.4) is 0 Å². The number of hydrogen-bond donors (Lipinski definition) is 6. The van der Waals surface area contributed by atoms with Crippen molar-refractivity contribution in [2.24, 2.45) is 0 Å². The van der Waals surface area contributed by atoms with Crippen molar-refractivity contribution in [1.82, 2.24) is 5.32 Å². The topological polar surface area (TPSA) is 147 Å². The molecule has 0 radical (unpaired) electrons. The molecule has 0 rings (SSSR count). The SMILES string of the molecule is CCCCC=CNC(=O)[C@@H](O)[C@H](O)[C@@H](O)[C@@H](O)C(=O)O. The van der Waals surface area contributed by atoms with Crippen LogP contribution < -0.4 is 5.32 Å². The summed E-state index contributed by atoms with van der Waals surface area (Å²) < 4.78 is 0. The first kappa shape index (κ1) is 18.5. The second-order valence-corrected chi connectivity index (χ2v) is 4.26. The fraction of sp³-hybridized carbons (Fsp3) is 0.667. The summed E-state index contributed by atoms with van der Waals surface area (Å²) >= 11 is 0. The fourth-order valence-electron chi connectivity index (χ4n) is 1.31. The molecular weight excluding hydrogens is 270 g/mol. The lowest BCUT2D eigenvalue weighted by molar-refractivity contribution is -0.166. The first-order chi connectivity index (χ1) is 9.32. The van der Waals surface area contributed by atoms with Crippen LogP contribution in [-0.2, 0) is 9.59 Å². The van der Waals surface area contributed by atoms with E-state index in [4.69, 9.17) is 10.2 Å². The van der Waals surface area contributed by atoms with Crippen LogP contribution in [0.15, 0.2) is 12.3 Å². The Morgan fingerprint density at radius 1 is 1.10 bits per heavy atom. The van der Waals surface area contributed by atoms with Crippen molar-refractivity contribution in [2.75, 3.05) is 0 Å². The van der Waals surface area contributed by atoms with E-state index in [-0.39, 0.29) is 0 Å². The number of aliphatic hydroxyl groups is 4. The van der Waals surface area contributed by atoms with Gasteiger partial charge in [-0.3, -0.25) is 4.79 Å². The Balaban J connectivity index is 4.35. The summed E-state index contributed by atoms with van der Waals surface area (Å²) in [5.74, 6) is -2.79. The van der Waals surface area contributed by atoms with E-state index in [9.17, 15) is 24.9 Å². The predicted octanol–water partition coefficient (Wildman–Crippen LogP) is -1.67. The highest BCUT2D eigenvalue weighted by molar-refractivity contribution is 5.82. The van der Waals surface area contributed by atoms with Gasteiger partial charge in [0.1, 0.15) is 12.2 Å². The van der Waals surface area contributed by atoms with Gasteiger partial charge in [-0.25, -0.2) is 4.79 Å². The molecule has 0 saturated carbocycles. The molecular formula is C12H21NO7. The summed E-state index contributed by atoms with van der Waals surface area (Å²) in [7, 11) is 0. The first-order valence-electron chi connectivity index (χ1n) is 6.23. The monoisotopic (exact) mass is 291 g/mol. The number of carbonyl (C=O) groups excluding carboxylic acids is 1. The number of aliphatic hydroxyl groups excluding tert-OH is 4. The van der Waals surface area contributed by atoms with E-state index in [0.29, 0.717) is 0 Å². The summed E-state index contributed by atoms with van der Waals surface area (Å²) in [6.07, 6.45) is -3.07. The van der Waals surface area contributed by atoms with Crippen molar-refractivity contribution in [1.29, 1.82) is 0 Å². The van der Waals surface area contributed by atoms with Gasteiger partial charge < -0.3 is 30.8 Å². The molecule has 0 aliphatic heterocycles. The van der Waals surface area contributed by atoms with Crippen LogP contribution >= 0.6 is 0 Å².